The number of hydrogen-bond acceptors (Lipinski definition) is 1. The van der Waals surface area contributed by atoms with Crippen LogP contribution < -0.4 is 0 Å². The molecule has 0 amide bonds. The molecule has 0 aromatic carbocycles. The van der Waals surface area contributed by atoms with Crippen molar-refractivity contribution >= 4 is 0 Å². The Kier molecular flexibility index (Phi) is 5.94. The third-order valence-electron chi connectivity index (χ3n) is 5.37. The van der Waals surface area contributed by atoms with Crippen LogP contribution >= 0.6 is 0 Å². The summed E-state index contributed by atoms with van der Waals surface area (Å²) >= 11 is 0. The molecule has 0 radical (unpaired) electrons. The number of ether oxygens (including phenoxy) is 1. The third kappa shape index (κ3) is 4.34. The van der Waals surface area contributed by atoms with Crippen LogP contribution in [0.2, 0.25) is 0 Å². The van der Waals surface area contributed by atoms with Crippen molar-refractivity contribution in [3.63, 3.8) is 0 Å². The molecule has 0 aromatic rings. The van der Waals surface area contributed by atoms with Crippen LogP contribution in [0.3, 0.4) is 0 Å². The maximum atomic E-state index is 6.34. The molecule has 0 saturated heterocycles. The van der Waals surface area contributed by atoms with Gasteiger partial charge in [0.25, 0.3) is 0 Å². The van der Waals surface area contributed by atoms with Crippen LogP contribution in [-0.4, -0.2) is 12.7 Å². The minimum absolute atomic E-state index is 0.530. The van der Waals surface area contributed by atoms with Gasteiger partial charge in [-0.1, -0.05) is 38.7 Å². The van der Waals surface area contributed by atoms with Gasteiger partial charge in [0.2, 0.25) is 0 Å². The Hall–Kier alpha value is -0.300. The van der Waals surface area contributed by atoms with Crippen LogP contribution in [-0.2, 0) is 4.74 Å². The summed E-state index contributed by atoms with van der Waals surface area (Å²) in [6.07, 6.45) is 17.5. The summed E-state index contributed by atoms with van der Waals surface area (Å²) < 4.78 is 6.34. The summed E-state index contributed by atoms with van der Waals surface area (Å²) in [7, 11) is 0. The van der Waals surface area contributed by atoms with Crippen molar-refractivity contribution in [3.05, 3.63) is 12.7 Å². The molecule has 2 aliphatic carbocycles. The van der Waals surface area contributed by atoms with Crippen LogP contribution in [0.4, 0.5) is 0 Å². The van der Waals surface area contributed by atoms with Crippen LogP contribution in [0, 0.1) is 11.3 Å². The van der Waals surface area contributed by atoms with Crippen LogP contribution in [0.1, 0.15) is 77.6 Å². The van der Waals surface area contributed by atoms with Gasteiger partial charge in [0.05, 0.1) is 12.7 Å². The average Bonchev–Trinajstić information content (AvgIpc) is 2.47. The molecule has 0 N–H and O–H groups in total. The first-order valence-corrected chi connectivity index (χ1v) is 8.52. The summed E-state index contributed by atoms with van der Waals surface area (Å²) in [5.74, 6) is 0.749. The van der Waals surface area contributed by atoms with Crippen LogP contribution in [0.5, 0.6) is 0 Å². The van der Waals surface area contributed by atoms with Gasteiger partial charge < -0.3 is 4.74 Å². The molecule has 0 aromatic heterocycles. The second kappa shape index (κ2) is 7.47. The number of allylic oxidation sites excluding steroid dienone is 1. The molecule has 0 unspecified atom stereocenters. The van der Waals surface area contributed by atoms with Gasteiger partial charge in [0, 0.05) is 0 Å². The number of hydrogen-bond donors (Lipinski definition) is 0. The maximum Gasteiger partial charge on any atom is 0.0575 e. The third-order valence-corrected chi connectivity index (χ3v) is 5.37. The highest BCUT2D eigenvalue weighted by atomic mass is 16.5. The van der Waals surface area contributed by atoms with E-state index in [1.807, 2.05) is 0 Å². The predicted octanol–water partition coefficient (Wildman–Crippen LogP) is 5.50. The standard InChI is InChI=1S/C18H32O/c1-3-12-18(13-6-5-7-14-18)15-19-17-10-8-16(4-2)9-11-17/h4,16-17H,2-3,5-15H2,1H3. The molecule has 0 bridgehead atoms. The lowest BCUT2D eigenvalue weighted by Gasteiger charge is -2.39. The van der Waals surface area contributed by atoms with Crippen molar-refractivity contribution in [2.45, 2.75) is 83.7 Å². The summed E-state index contributed by atoms with van der Waals surface area (Å²) in [4.78, 5) is 0. The summed E-state index contributed by atoms with van der Waals surface area (Å²) in [5.41, 5.74) is 0.530. The summed E-state index contributed by atoms with van der Waals surface area (Å²) in [6, 6.07) is 0. The van der Waals surface area contributed by atoms with Crippen molar-refractivity contribution in [3.8, 4) is 0 Å². The maximum absolute atomic E-state index is 6.34. The van der Waals surface area contributed by atoms with E-state index < -0.39 is 0 Å². The molecule has 0 heterocycles. The molecule has 2 rings (SSSR count). The quantitative estimate of drug-likeness (QED) is 0.576. The highest BCUT2D eigenvalue weighted by Gasteiger charge is 2.32. The van der Waals surface area contributed by atoms with Crippen molar-refractivity contribution in [2.24, 2.45) is 11.3 Å². The molecule has 19 heavy (non-hydrogen) atoms. The second-order valence-electron chi connectivity index (χ2n) is 6.89. The Morgan fingerprint density at radius 2 is 1.79 bits per heavy atom. The van der Waals surface area contributed by atoms with Crippen molar-refractivity contribution in [1.29, 1.82) is 0 Å². The van der Waals surface area contributed by atoms with Crippen LogP contribution in [0.25, 0.3) is 0 Å². The second-order valence-corrected chi connectivity index (χ2v) is 6.89. The number of rotatable bonds is 6. The van der Waals surface area contributed by atoms with Crippen molar-refractivity contribution in [2.75, 3.05) is 6.61 Å². The SMILES string of the molecule is C=CC1CCC(OCC2(CCC)CCCCC2)CC1. The van der Waals surface area contributed by atoms with Gasteiger partial charge in [-0.15, -0.1) is 6.58 Å². The molecular weight excluding hydrogens is 232 g/mol. The lowest BCUT2D eigenvalue weighted by atomic mass is 9.72. The molecule has 2 saturated carbocycles. The Balaban J connectivity index is 1.77. The summed E-state index contributed by atoms with van der Waals surface area (Å²) in [6.45, 7) is 7.28. The molecule has 0 aliphatic heterocycles. The first-order valence-electron chi connectivity index (χ1n) is 8.52. The molecule has 1 nitrogen and oxygen atoms in total. The Labute approximate surface area is 119 Å². The van der Waals surface area contributed by atoms with Crippen molar-refractivity contribution in [1.82, 2.24) is 0 Å². The molecule has 2 aliphatic rings. The minimum atomic E-state index is 0.530. The van der Waals surface area contributed by atoms with Gasteiger partial charge in [-0.05, 0) is 56.3 Å². The zero-order chi connectivity index (χ0) is 13.6. The molecule has 110 valence electrons. The van der Waals surface area contributed by atoms with E-state index in [2.05, 4.69) is 19.6 Å². The van der Waals surface area contributed by atoms with Gasteiger partial charge in [-0.3, -0.25) is 0 Å². The van der Waals surface area contributed by atoms with E-state index in [1.165, 1.54) is 70.6 Å². The average molecular weight is 264 g/mol. The molecule has 1 heteroatoms. The molecule has 0 atom stereocenters. The monoisotopic (exact) mass is 264 g/mol. The van der Waals surface area contributed by atoms with Gasteiger partial charge >= 0.3 is 0 Å². The fourth-order valence-corrected chi connectivity index (χ4v) is 4.08. The topological polar surface area (TPSA) is 9.23 Å². The smallest absolute Gasteiger partial charge is 0.0575 e. The van der Waals surface area contributed by atoms with Gasteiger partial charge in [0.15, 0.2) is 0 Å². The van der Waals surface area contributed by atoms with E-state index in [4.69, 9.17) is 4.74 Å². The van der Waals surface area contributed by atoms with Crippen LogP contribution in [0.15, 0.2) is 12.7 Å². The zero-order valence-electron chi connectivity index (χ0n) is 12.8. The molecule has 2 fully saturated rings. The first kappa shape index (κ1) is 15.1. The molecule has 0 spiro atoms. The Morgan fingerprint density at radius 3 is 2.37 bits per heavy atom. The lowest BCUT2D eigenvalue weighted by molar-refractivity contribution is -0.0454. The van der Waals surface area contributed by atoms with E-state index in [0.717, 1.165) is 12.5 Å². The van der Waals surface area contributed by atoms with Gasteiger partial charge in [0.1, 0.15) is 0 Å². The largest absolute Gasteiger partial charge is 0.378 e. The zero-order valence-corrected chi connectivity index (χ0v) is 12.8. The van der Waals surface area contributed by atoms with Gasteiger partial charge in [-0.25, -0.2) is 0 Å². The van der Waals surface area contributed by atoms with E-state index in [0.29, 0.717) is 11.5 Å². The predicted molar refractivity (Wildman–Crippen MR) is 82.3 cm³/mol. The first-order chi connectivity index (χ1) is 9.28. The summed E-state index contributed by atoms with van der Waals surface area (Å²) in [5, 5.41) is 0. The fourth-order valence-electron chi connectivity index (χ4n) is 4.08. The fraction of sp³-hybridized carbons (Fsp3) is 0.889. The van der Waals surface area contributed by atoms with E-state index in [-0.39, 0.29) is 0 Å². The Morgan fingerprint density at radius 1 is 1.11 bits per heavy atom. The van der Waals surface area contributed by atoms with E-state index >= 15 is 0 Å². The van der Waals surface area contributed by atoms with Gasteiger partial charge in [-0.2, -0.15) is 0 Å². The van der Waals surface area contributed by atoms with E-state index in [1.54, 1.807) is 0 Å². The Bertz CT molecular complexity index is 251. The normalized spacial score (nSPS) is 31.0. The highest BCUT2D eigenvalue weighted by molar-refractivity contribution is 4.86. The van der Waals surface area contributed by atoms with E-state index in [9.17, 15) is 0 Å². The lowest BCUT2D eigenvalue weighted by Crippen LogP contribution is -2.33. The molecular formula is C18H32O. The van der Waals surface area contributed by atoms with Crippen molar-refractivity contribution < 1.29 is 4.74 Å². The minimum Gasteiger partial charge on any atom is -0.378 e. The highest BCUT2D eigenvalue weighted by Crippen LogP contribution is 2.41.